The quantitative estimate of drug-likeness (QED) is 0.111. The van der Waals surface area contributed by atoms with Gasteiger partial charge in [-0.1, -0.05) is 30.3 Å². The van der Waals surface area contributed by atoms with Crippen LogP contribution in [-0.4, -0.2) is 107 Å². The maximum absolute atomic E-state index is 14.4. The molecule has 8 rings (SSSR count). The minimum Gasteiger partial charge on any atom is -0.428 e. The van der Waals surface area contributed by atoms with Crippen LogP contribution in [0.15, 0.2) is 159 Å². The number of hydrogen-bond acceptors (Lipinski definition) is 27. The van der Waals surface area contributed by atoms with E-state index in [1.165, 1.54) is 67.0 Å². The standard InChI is InChI=1S/C29H17FN4O11.C28H16FN5O11/c1-16(35)42-15-43-29(41)33-14-21(30)25(37)34(28(33)40)24(36)18-8-5-9-19(12-18)27(39)45-23-20(13-31)10-11-22(32-23)44-26(38)17-6-3-2-4-7-17;1-15(35)42-14-43-28(41)33-13-20(29)24(37)34(27(33)40)23(36)16-4-2-5-17(10-16)25(38)45-22-18(11-30)7-8-21(32-22)44-26(39)19-6-3-9-31-12-19/h2-12,14H,15H2,1H3;2-10,12-13H,14H2,1H3. The molecule has 3 aromatic carbocycles. The molecule has 0 fully saturated rings. The van der Waals surface area contributed by atoms with Gasteiger partial charge in [0.2, 0.25) is 48.7 Å². The van der Waals surface area contributed by atoms with Gasteiger partial charge in [0.25, 0.3) is 22.9 Å². The van der Waals surface area contributed by atoms with Crippen molar-refractivity contribution in [3.8, 4) is 35.7 Å². The Morgan fingerprint density at radius 1 is 0.467 bits per heavy atom. The van der Waals surface area contributed by atoms with Crippen molar-refractivity contribution in [3.05, 3.63) is 238 Å². The molecular weight excluding hydrogens is 1200 g/mol. The van der Waals surface area contributed by atoms with Gasteiger partial charge in [-0.15, -0.1) is 0 Å². The molecule has 0 unspecified atom stereocenters. The fourth-order valence-corrected chi connectivity index (χ4v) is 6.90. The number of pyridine rings is 3. The summed E-state index contributed by atoms with van der Waals surface area (Å²) >= 11 is 0. The third-order valence-electron chi connectivity index (χ3n) is 11.1. The van der Waals surface area contributed by atoms with Crippen molar-refractivity contribution in [2.45, 2.75) is 13.8 Å². The molecule has 0 aliphatic rings. The van der Waals surface area contributed by atoms with Gasteiger partial charge in [0.05, 0.1) is 34.6 Å². The van der Waals surface area contributed by atoms with Crippen LogP contribution in [0.3, 0.4) is 0 Å². The summed E-state index contributed by atoms with van der Waals surface area (Å²) in [6.45, 7) is 0.112. The van der Waals surface area contributed by atoms with Crippen molar-refractivity contribution in [1.29, 1.82) is 10.5 Å². The number of esters is 6. The monoisotopic (exact) mass is 1230 g/mol. The average molecular weight is 1230 g/mol. The molecule has 90 heavy (non-hydrogen) atoms. The smallest absolute Gasteiger partial charge is 0.425 e. The zero-order chi connectivity index (χ0) is 65.3. The van der Waals surface area contributed by atoms with Crippen LogP contribution in [0.4, 0.5) is 18.4 Å². The van der Waals surface area contributed by atoms with E-state index in [0.717, 1.165) is 56.3 Å². The van der Waals surface area contributed by atoms with Crippen molar-refractivity contribution in [2.75, 3.05) is 13.6 Å². The Balaban J connectivity index is 0.000000256. The second-order valence-electron chi connectivity index (χ2n) is 17.0. The summed E-state index contributed by atoms with van der Waals surface area (Å²) in [5.74, 6) is -13.6. The van der Waals surface area contributed by atoms with Gasteiger partial charge in [0.15, 0.2) is 0 Å². The van der Waals surface area contributed by atoms with Crippen LogP contribution >= 0.6 is 0 Å². The highest BCUT2D eigenvalue weighted by Crippen LogP contribution is 2.24. The molecule has 8 aromatic rings. The van der Waals surface area contributed by atoms with Crippen LogP contribution in [0, 0.1) is 34.3 Å². The fourth-order valence-electron chi connectivity index (χ4n) is 6.90. The Morgan fingerprint density at radius 3 is 1.26 bits per heavy atom. The van der Waals surface area contributed by atoms with E-state index in [1.54, 1.807) is 30.3 Å². The Kier molecular flexibility index (Phi) is 20.5. The van der Waals surface area contributed by atoms with E-state index in [0.29, 0.717) is 0 Å². The molecular formula is C57H33F2N9O22. The summed E-state index contributed by atoms with van der Waals surface area (Å²) in [5.41, 5.74) is -8.54. The van der Waals surface area contributed by atoms with E-state index in [-0.39, 0.29) is 75.8 Å². The van der Waals surface area contributed by atoms with Gasteiger partial charge < -0.3 is 37.9 Å². The number of carbonyl (C=O) groups excluding carboxylic acids is 10. The molecule has 33 heteroatoms. The molecule has 0 N–H and O–H groups in total. The summed E-state index contributed by atoms with van der Waals surface area (Å²) < 4.78 is 66.7. The van der Waals surface area contributed by atoms with E-state index in [4.69, 9.17) is 18.9 Å². The Bertz CT molecular complexity index is 4320. The SMILES string of the molecule is CC(=O)OCOC(=O)n1cc(F)c(=O)n(C(=O)c2cccc(C(=O)Oc3nc(OC(=O)c4ccccc4)ccc3C#N)c2)c1=O.CC(=O)OCOC(=O)n1cc(F)c(=O)n(C(=O)c2cccc(C(=O)Oc3nc(OC(=O)c4cccnc4)ccc3C#N)c2)c1=O. The molecule has 0 atom stereocenters. The zero-order valence-corrected chi connectivity index (χ0v) is 45.5. The predicted molar refractivity (Wildman–Crippen MR) is 288 cm³/mol. The molecule has 0 saturated carbocycles. The van der Waals surface area contributed by atoms with Gasteiger partial charge in [0.1, 0.15) is 23.3 Å². The van der Waals surface area contributed by atoms with E-state index >= 15 is 0 Å². The highest BCUT2D eigenvalue weighted by Gasteiger charge is 2.27. The molecule has 0 radical (unpaired) electrons. The highest BCUT2D eigenvalue weighted by atomic mass is 19.1. The molecule has 0 amide bonds. The van der Waals surface area contributed by atoms with Gasteiger partial charge in [-0.05, 0) is 72.8 Å². The zero-order valence-electron chi connectivity index (χ0n) is 45.5. The predicted octanol–water partition coefficient (Wildman–Crippen LogP) is 3.49. The minimum absolute atomic E-state index is 0.0388. The van der Waals surface area contributed by atoms with Crippen LogP contribution in [0.2, 0.25) is 0 Å². The molecule has 0 aliphatic heterocycles. The topological polar surface area (TPSA) is 419 Å². The molecule has 0 spiro atoms. The van der Waals surface area contributed by atoms with Crippen LogP contribution in [-0.2, 0) is 28.5 Å². The maximum atomic E-state index is 14.4. The average Bonchev–Trinajstić information content (AvgIpc) is 0.843. The number of carbonyl (C=O) groups is 10. The summed E-state index contributed by atoms with van der Waals surface area (Å²) in [6.07, 6.45) is -0.102. The summed E-state index contributed by atoms with van der Waals surface area (Å²) in [6, 6.07) is 27.6. The van der Waals surface area contributed by atoms with Gasteiger partial charge in [-0.25, -0.2) is 38.4 Å². The number of benzene rings is 3. The first kappa shape index (κ1) is 64.0. The van der Waals surface area contributed by atoms with Crippen molar-refractivity contribution in [2.24, 2.45) is 0 Å². The lowest BCUT2D eigenvalue weighted by Gasteiger charge is -2.10. The Morgan fingerprint density at radius 2 is 0.856 bits per heavy atom. The lowest BCUT2D eigenvalue weighted by molar-refractivity contribution is -0.150. The summed E-state index contributed by atoms with van der Waals surface area (Å²) in [7, 11) is 0. The number of halogens is 2. The fraction of sp³-hybridized carbons (Fsp3) is 0.0702. The normalized spacial score (nSPS) is 10.2. The molecule has 0 aliphatic carbocycles. The van der Waals surface area contributed by atoms with E-state index in [1.807, 2.05) is 0 Å². The molecule has 452 valence electrons. The molecule has 0 bridgehead atoms. The minimum atomic E-state index is -1.72. The van der Waals surface area contributed by atoms with Crippen LogP contribution in [0.1, 0.15) is 87.1 Å². The Labute approximate surface area is 497 Å². The first-order valence-corrected chi connectivity index (χ1v) is 24.6. The number of ether oxygens (including phenoxy) is 8. The number of nitriles is 2. The largest absolute Gasteiger partial charge is 0.428 e. The van der Waals surface area contributed by atoms with Crippen LogP contribution in [0.5, 0.6) is 23.5 Å². The second-order valence-corrected chi connectivity index (χ2v) is 17.0. The van der Waals surface area contributed by atoms with Crippen LogP contribution < -0.4 is 41.4 Å². The first-order chi connectivity index (χ1) is 43.0. The van der Waals surface area contributed by atoms with Crippen molar-refractivity contribution in [1.82, 2.24) is 33.2 Å². The second kappa shape index (κ2) is 28.8. The molecule has 5 aromatic heterocycles. The van der Waals surface area contributed by atoms with Gasteiger partial charge in [-0.3, -0.25) is 33.8 Å². The van der Waals surface area contributed by atoms with Gasteiger partial charge in [-0.2, -0.15) is 47.5 Å². The number of aromatic nitrogens is 7. The third-order valence-corrected chi connectivity index (χ3v) is 11.1. The first-order valence-electron chi connectivity index (χ1n) is 24.6. The number of rotatable bonds is 14. The summed E-state index contributed by atoms with van der Waals surface area (Å²) in [5, 5.41) is 18.8. The Hall–Kier alpha value is -13.6. The number of nitrogens with zero attached hydrogens (tertiary/aromatic N) is 9. The van der Waals surface area contributed by atoms with Gasteiger partial charge >= 0.3 is 59.4 Å². The highest BCUT2D eigenvalue weighted by molar-refractivity contribution is 6.01. The van der Waals surface area contributed by atoms with E-state index in [9.17, 15) is 86.4 Å². The van der Waals surface area contributed by atoms with E-state index < -0.39 is 130 Å². The van der Waals surface area contributed by atoms with E-state index in [2.05, 4.69) is 33.9 Å². The van der Waals surface area contributed by atoms with Crippen LogP contribution in [0.25, 0.3) is 0 Å². The lowest BCUT2D eigenvalue weighted by Crippen LogP contribution is -2.47. The van der Waals surface area contributed by atoms with Crippen molar-refractivity contribution >= 4 is 59.8 Å². The van der Waals surface area contributed by atoms with Crippen molar-refractivity contribution in [3.63, 3.8) is 0 Å². The lowest BCUT2D eigenvalue weighted by atomic mass is 10.1. The van der Waals surface area contributed by atoms with Crippen molar-refractivity contribution < 1.29 is 94.6 Å². The third kappa shape index (κ3) is 15.6. The summed E-state index contributed by atoms with van der Waals surface area (Å²) in [4.78, 5) is 185. The molecule has 31 nitrogen and oxygen atoms in total. The maximum Gasteiger partial charge on any atom is 0.425 e. The molecule has 0 saturated heterocycles. The van der Waals surface area contributed by atoms with Gasteiger partial charge in [0, 0.05) is 49.5 Å². The number of hydrogen-bond donors (Lipinski definition) is 0. The molecule has 5 heterocycles.